The Balaban J connectivity index is 1.80. The van der Waals surface area contributed by atoms with Gasteiger partial charge in [0.05, 0.1) is 6.04 Å². The van der Waals surface area contributed by atoms with E-state index in [2.05, 4.69) is 5.32 Å². The Hall–Kier alpha value is -1.88. The fraction of sp³-hybridized carbons (Fsp3) is 0.529. The summed E-state index contributed by atoms with van der Waals surface area (Å²) in [5.74, 6) is -0.0113. The Bertz CT molecular complexity index is 496. The third-order valence-electron chi connectivity index (χ3n) is 4.09. The number of hydrogen-bond acceptors (Lipinski definition) is 3. The van der Waals surface area contributed by atoms with Crippen LogP contribution in [-0.2, 0) is 4.79 Å². The van der Waals surface area contributed by atoms with Crippen LogP contribution in [0.15, 0.2) is 30.3 Å². The average Bonchev–Trinajstić information content (AvgIpc) is 2.56. The Morgan fingerprint density at radius 1 is 1.27 bits per heavy atom. The van der Waals surface area contributed by atoms with E-state index in [0.717, 1.165) is 25.7 Å². The SMILES string of the molecule is CCCC(N)C(=O)N1CCC(NC(=O)c2ccccc2)CC1. The summed E-state index contributed by atoms with van der Waals surface area (Å²) in [5.41, 5.74) is 6.56. The molecule has 3 N–H and O–H groups in total. The smallest absolute Gasteiger partial charge is 0.251 e. The maximum absolute atomic E-state index is 12.2. The van der Waals surface area contributed by atoms with E-state index in [9.17, 15) is 9.59 Å². The van der Waals surface area contributed by atoms with Gasteiger partial charge in [-0.15, -0.1) is 0 Å². The summed E-state index contributed by atoms with van der Waals surface area (Å²) in [6, 6.07) is 8.94. The summed E-state index contributed by atoms with van der Waals surface area (Å²) in [6.45, 7) is 3.35. The summed E-state index contributed by atoms with van der Waals surface area (Å²) in [5, 5.41) is 3.04. The van der Waals surface area contributed by atoms with Crippen LogP contribution in [0, 0.1) is 0 Å². The van der Waals surface area contributed by atoms with E-state index in [-0.39, 0.29) is 23.9 Å². The molecule has 1 aliphatic heterocycles. The number of amides is 2. The first-order valence-corrected chi connectivity index (χ1v) is 8.02. The molecule has 5 heteroatoms. The molecule has 120 valence electrons. The number of hydrogen-bond donors (Lipinski definition) is 2. The van der Waals surface area contributed by atoms with Crippen molar-refractivity contribution in [1.29, 1.82) is 0 Å². The quantitative estimate of drug-likeness (QED) is 0.866. The van der Waals surface area contributed by atoms with Crippen molar-refractivity contribution >= 4 is 11.8 Å². The minimum atomic E-state index is -0.388. The molecule has 5 nitrogen and oxygen atoms in total. The standard InChI is InChI=1S/C17H25N3O2/c1-2-6-15(18)17(22)20-11-9-14(10-12-20)19-16(21)13-7-4-3-5-8-13/h3-5,7-8,14-15H,2,6,9-12,18H2,1H3,(H,19,21). The highest BCUT2D eigenvalue weighted by molar-refractivity contribution is 5.94. The number of rotatable bonds is 5. The van der Waals surface area contributed by atoms with Crippen molar-refractivity contribution in [3.63, 3.8) is 0 Å². The molecule has 1 unspecified atom stereocenters. The molecule has 1 atom stereocenters. The molecule has 1 saturated heterocycles. The Morgan fingerprint density at radius 2 is 1.91 bits per heavy atom. The molecule has 0 aliphatic carbocycles. The largest absolute Gasteiger partial charge is 0.349 e. The van der Waals surface area contributed by atoms with E-state index >= 15 is 0 Å². The Labute approximate surface area is 131 Å². The van der Waals surface area contributed by atoms with Gasteiger partial charge in [0.25, 0.3) is 5.91 Å². The summed E-state index contributed by atoms with van der Waals surface area (Å²) >= 11 is 0. The van der Waals surface area contributed by atoms with Gasteiger partial charge in [-0.25, -0.2) is 0 Å². The van der Waals surface area contributed by atoms with Crippen LogP contribution in [0.2, 0.25) is 0 Å². The molecule has 1 aromatic carbocycles. The highest BCUT2D eigenvalue weighted by atomic mass is 16.2. The van der Waals surface area contributed by atoms with Crippen LogP contribution in [0.1, 0.15) is 43.0 Å². The van der Waals surface area contributed by atoms with E-state index in [1.54, 1.807) is 12.1 Å². The first-order valence-electron chi connectivity index (χ1n) is 8.02. The molecule has 1 fully saturated rings. The van der Waals surface area contributed by atoms with Crippen LogP contribution in [0.4, 0.5) is 0 Å². The second-order valence-corrected chi connectivity index (χ2v) is 5.83. The number of carbonyl (C=O) groups excluding carboxylic acids is 2. The highest BCUT2D eigenvalue weighted by Crippen LogP contribution is 2.13. The number of piperidine rings is 1. The molecule has 1 heterocycles. The predicted molar refractivity (Wildman–Crippen MR) is 86.4 cm³/mol. The van der Waals surface area contributed by atoms with Crippen molar-refractivity contribution in [2.45, 2.75) is 44.7 Å². The van der Waals surface area contributed by atoms with Gasteiger partial charge in [0.2, 0.25) is 5.91 Å². The van der Waals surface area contributed by atoms with Crippen LogP contribution >= 0.6 is 0 Å². The molecule has 1 aromatic rings. The first-order chi connectivity index (χ1) is 10.6. The minimum absolute atomic E-state index is 0.0367. The van der Waals surface area contributed by atoms with Crippen molar-refractivity contribution < 1.29 is 9.59 Å². The second-order valence-electron chi connectivity index (χ2n) is 5.83. The molecule has 0 saturated carbocycles. The maximum atomic E-state index is 12.2. The zero-order valence-electron chi connectivity index (χ0n) is 13.1. The van der Waals surface area contributed by atoms with E-state index in [4.69, 9.17) is 5.73 Å². The molecule has 0 aromatic heterocycles. The Morgan fingerprint density at radius 3 is 2.50 bits per heavy atom. The zero-order valence-corrected chi connectivity index (χ0v) is 13.1. The fourth-order valence-electron chi connectivity index (χ4n) is 2.77. The van der Waals surface area contributed by atoms with Gasteiger partial charge in [0, 0.05) is 24.7 Å². The number of nitrogens with zero attached hydrogens (tertiary/aromatic N) is 1. The summed E-state index contributed by atoms with van der Waals surface area (Å²) in [7, 11) is 0. The van der Waals surface area contributed by atoms with Crippen molar-refractivity contribution in [3.8, 4) is 0 Å². The van der Waals surface area contributed by atoms with Gasteiger partial charge in [0.1, 0.15) is 0 Å². The lowest BCUT2D eigenvalue weighted by Gasteiger charge is -2.33. The molecular formula is C17H25N3O2. The summed E-state index contributed by atoms with van der Waals surface area (Å²) in [6.07, 6.45) is 3.20. The van der Waals surface area contributed by atoms with Gasteiger partial charge < -0.3 is 16.0 Å². The van der Waals surface area contributed by atoms with Crippen LogP contribution in [-0.4, -0.2) is 41.9 Å². The lowest BCUT2D eigenvalue weighted by molar-refractivity contribution is -0.133. The lowest BCUT2D eigenvalue weighted by Crippen LogP contribution is -2.50. The minimum Gasteiger partial charge on any atom is -0.349 e. The lowest BCUT2D eigenvalue weighted by atomic mass is 10.0. The van der Waals surface area contributed by atoms with Gasteiger partial charge >= 0.3 is 0 Å². The number of carbonyl (C=O) groups is 2. The van der Waals surface area contributed by atoms with Crippen LogP contribution in [0.25, 0.3) is 0 Å². The number of nitrogens with two attached hydrogens (primary N) is 1. The fourth-order valence-corrected chi connectivity index (χ4v) is 2.77. The van der Waals surface area contributed by atoms with Crippen molar-refractivity contribution in [3.05, 3.63) is 35.9 Å². The molecular weight excluding hydrogens is 278 g/mol. The van der Waals surface area contributed by atoms with E-state index < -0.39 is 0 Å². The van der Waals surface area contributed by atoms with Gasteiger partial charge in [-0.3, -0.25) is 9.59 Å². The van der Waals surface area contributed by atoms with E-state index in [1.165, 1.54) is 0 Å². The van der Waals surface area contributed by atoms with Crippen molar-refractivity contribution in [2.75, 3.05) is 13.1 Å². The first kappa shape index (κ1) is 16.5. The van der Waals surface area contributed by atoms with Gasteiger partial charge in [-0.1, -0.05) is 31.5 Å². The van der Waals surface area contributed by atoms with Gasteiger partial charge in [-0.2, -0.15) is 0 Å². The summed E-state index contributed by atoms with van der Waals surface area (Å²) in [4.78, 5) is 26.1. The summed E-state index contributed by atoms with van der Waals surface area (Å²) < 4.78 is 0. The molecule has 2 rings (SSSR count). The normalized spacial score (nSPS) is 17.1. The number of benzene rings is 1. The molecule has 0 bridgehead atoms. The van der Waals surface area contributed by atoms with E-state index in [1.807, 2.05) is 30.0 Å². The number of nitrogens with one attached hydrogen (secondary N) is 1. The highest BCUT2D eigenvalue weighted by Gasteiger charge is 2.26. The zero-order chi connectivity index (χ0) is 15.9. The van der Waals surface area contributed by atoms with Gasteiger partial charge in [-0.05, 0) is 31.4 Å². The monoisotopic (exact) mass is 303 g/mol. The Kier molecular flexibility index (Phi) is 5.95. The third kappa shape index (κ3) is 4.31. The van der Waals surface area contributed by atoms with Crippen LogP contribution < -0.4 is 11.1 Å². The molecule has 2 amide bonds. The number of likely N-dealkylation sites (tertiary alicyclic amines) is 1. The molecule has 0 radical (unpaired) electrons. The topological polar surface area (TPSA) is 75.4 Å². The molecule has 0 spiro atoms. The second kappa shape index (κ2) is 7.94. The third-order valence-corrected chi connectivity index (χ3v) is 4.09. The van der Waals surface area contributed by atoms with Crippen LogP contribution in [0.5, 0.6) is 0 Å². The van der Waals surface area contributed by atoms with E-state index in [0.29, 0.717) is 18.7 Å². The average molecular weight is 303 g/mol. The van der Waals surface area contributed by atoms with Crippen LogP contribution in [0.3, 0.4) is 0 Å². The molecule has 1 aliphatic rings. The predicted octanol–water partition coefficient (Wildman–Crippen LogP) is 1.53. The van der Waals surface area contributed by atoms with Crippen molar-refractivity contribution in [1.82, 2.24) is 10.2 Å². The molecule has 22 heavy (non-hydrogen) atoms. The van der Waals surface area contributed by atoms with Crippen molar-refractivity contribution in [2.24, 2.45) is 5.73 Å². The van der Waals surface area contributed by atoms with Gasteiger partial charge in [0.15, 0.2) is 0 Å². The maximum Gasteiger partial charge on any atom is 0.251 e.